The van der Waals surface area contributed by atoms with Crippen molar-refractivity contribution in [1.29, 1.82) is 0 Å². The second-order valence-corrected chi connectivity index (χ2v) is 4.72. The first-order valence-corrected chi connectivity index (χ1v) is 6.54. The first-order chi connectivity index (χ1) is 10.0. The third-order valence-electron chi connectivity index (χ3n) is 3.32. The van der Waals surface area contributed by atoms with Gasteiger partial charge >= 0.3 is 0 Å². The minimum atomic E-state index is -0.385. The fourth-order valence-corrected chi connectivity index (χ4v) is 2.15. The van der Waals surface area contributed by atoms with Gasteiger partial charge in [-0.2, -0.15) is 0 Å². The number of para-hydroxylation sites is 1. The van der Waals surface area contributed by atoms with Crippen LogP contribution in [0.5, 0.6) is 5.75 Å². The van der Waals surface area contributed by atoms with Crippen molar-refractivity contribution in [1.82, 2.24) is 4.98 Å². The molecular formula is C15H17N3O3. The molecule has 2 rings (SSSR count). The van der Waals surface area contributed by atoms with Crippen molar-refractivity contribution >= 4 is 5.69 Å². The first kappa shape index (κ1) is 14.9. The van der Waals surface area contributed by atoms with Crippen LogP contribution in [0.1, 0.15) is 22.4 Å². The zero-order chi connectivity index (χ0) is 15.4. The number of nitro groups is 1. The van der Waals surface area contributed by atoms with Crippen molar-refractivity contribution < 1.29 is 9.66 Å². The molecule has 0 saturated carbocycles. The summed E-state index contributed by atoms with van der Waals surface area (Å²) in [5.41, 5.74) is 8.26. The van der Waals surface area contributed by atoms with E-state index in [4.69, 9.17) is 10.5 Å². The topological polar surface area (TPSA) is 91.3 Å². The number of ether oxygens (including phenoxy) is 1. The molecule has 1 heterocycles. The van der Waals surface area contributed by atoms with Crippen LogP contribution in [0.25, 0.3) is 0 Å². The summed E-state index contributed by atoms with van der Waals surface area (Å²) < 4.78 is 5.70. The highest BCUT2D eigenvalue weighted by molar-refractivity contribution is 5.47. The maximum Gasteiger partial charge on any atom is 0.278 e. The summed E-state index contributed by atoms with van der Waals surface area (Å²) >= 11 is 0. The average Bonchev–Trinajstić information content (AvgIpc) is 2.46. The number of hydrogen-bond acceptors (Lipinski definition) is 5. The quantitative estimate of drug-likeness (QED) is 0.674. The van der Waals surface area contributed by atoms with Crippen LogP contribution in [-0.4, -0.2) is 9.91 Å². The minimum Gasteiger partial charge on any atom is -0.487 e. The van der Waals surface area contributed by atoms with Crippen LogP contribution >= 0.6 is 0 Å². The molecule has 1 aromatic heterocycles. The molecule has 0 unspecified atom stereocenters. The van der Waals surface area contributed by atoms with Gasteiger partial charge in [0.25, 0.3) is 5.69 Å². The van der Waals surface area contributed by atoms with E-state index in [2.05, 4.69) is 4.98 Å². The Kier molecular flexibility index (Phi) is 4.49. The van der Waals surface area contributed by atoms with Crippen LogP contribution in [0.15, 0.2) is 30.5 Å². The predicted molar refractivity (Wildman–Crippen MR) is 79.0 cm³/mol. The molecule has 110 valence electrons. The van der Waals surface area contributed by atoms with E-state index in [-0.39, 0.29) is 17.2 Å². The number of rotatable bonds is 5. The van der Waals surface area contributed by atoms with Crippen LogP contribution in [-0.2, 0) is 13.2 Å². The Hall–Kier alpha value is -2.47. The molecule has 0 fully saturated rings. The van der Waals surface area contributed by atoms with Gasteiger partial charge in [-0.3, -0.25) is 15.1 Å². The molecule has 0 aliphatic carbocycles. The largest absolute Gasteiger partial charge is 0.487 e. The molecule has 0 atom stereocenters. The molecule has 0 saturated heterocycles. The number of aromatic nitrogens is 1. The summed E-state index contributed by atoms with van der Waals surface area (Å²) in [6, 6.07) is 7.44. The number of nitrogens with zero attached hydrogens (tertiary/aromatic N) is 2. The second kappa shape index (κ2) is 6.32. The Balaban J connectivity index is 2.25. The van der Waals surface area contributed by atoms with Crippen LogP contribution in [0.3, 0.4) is 0 Å². The second-order valence-electron chi connectivity index (χ2n) is 4.72. The van der Waals surface area contributed by atoms with Crippen molar-refractivity contribution in [2.24, 2.45) is 5.73 Å². The van der Waals surface area contributed by atoms with E-state index in [0.717, 1.165) is 5.56 Å². The Morgan fingerprint density at radius 3 is 2.71 bits per heavy atom. The summed E-state index contributed by atoms with van der Waals surface area (Å²) in [6.45, 7) is 3.90. The lowest BCUT2D eigenvalue weighted by Crippen LogP contribution is -2.07. The highest BCUT2D eigenvalue weighted by Gasteiger charge is 2.19. The smallest absolute Gasteiger partial charge is 0.278 e. The molecule has 0 amide bonds. The van der Waals surface area contributed by atoms with Gasteiger partial charge in [0.15, 0.2) is 0 Å². The first-order valence-electron chi connectivity index (χ1n) is 6.54. The zero-order valence-electron chi connectivity index (χ0n) is 12.0. The van der Waals surface area contributed by atoms with Crippen molar-refractivity contribution in [2.45, 2.75) is 27.0 Å². The van der Waals surface area contributed by atoms with E-state index in [1.54, 1.807) is 13.8 Å². The van der Waals surface area contributed by atoms with Crippen LogP contribution in [0.4, 0.5) is 5.69 Å². The summed E-state index contributed by atoms with van der Waals surface area (Å²) in [5, 5.41) is 11.1. The fourth-order valence-electron chi connectivity index (χ4n) is 2.15. The molecule has 6 heteroatoms. The van der Waals surface area contributed by atoms with E-state index in [9.17, 15) is 10.1 Å². The Morgan fingerprint density at radius 2 is 2.05 bits per heavy atom. The van der Waals surface area contributed by atoms with Gasteiger partial charge in [0.2, 0.25) is 0 Å². The van der Waals surface area contributed by atoms with Gasteiger partial charge in [-0.05, 0) is 19.9 Å². The molecule has 0 aliphatic rings. The Morgan fingerprint density at radius 1 is 1.33 bits per heavy atom. The van der Waals surface area contributed by atoms with E-state index < -0.39 is 0 Å². The third-order valence-corrected chi connectivity index (χ3v) is 3.32. The molecule has 2 aromatic rings. The summed E-state index contributed by atoms with van der Waals surface area (Å²) in [7, 11) is 0. The number of aryl methyl sites for hydroxylation is 1. The number of benzene rings is 1. The van der Waals surface area contributed by atoms with Gasteiger partial charge in [0.05, 0.1) is 16.2 Å². The van der Waals surface area contributed by atoms with E-state index in [1.807, 2.05) is 24.3 Å². The third kappa shape index (κ3) is 3.17. The lowest BCUT2D eigenvalue weighted by atomic mass is 10.1. The van der Waals surface area contributed by atoms with Crippen LogP contribution in [0.2, 0.25) is 0 Å². The predicted octanol–water partition coefficient (Wildman–Crippen LogP) is 2.64. The maximum absolute atomic E-state index is 11.1. The number of pyridine rings is 1. The average molecular weight is 287 g/mol. The lowest BCUT2D eigenvalue weighted by molar-refractivity contribution is -0.386. The molecule has 1 aromatic carbocycles. The van der Waals surface area contributed by atoms with Gasteiger partial charge in [-0.1, -0.05) is 18.2 Å². The molecule has 0 spiro atoms. The molecule has 6 nitrogen and oxygen atoms in total. The van der Waals surface area contributed by atoms with E-state index >= 15 is 0 Å². The van der Waals surface area contributed by atoms with Crippen molar-refractivity contribution in [3.05, 3.63) is 63.0 Å². The Bertz CT molecular complexity index is 671. The van der Waals surface area contributed by atoms with E-state index in [0.29, 0.717) is 29.1 Å². The highest BCUT2D eigenvalue weighted by Crippen LogP contribution is 2.25. The standard InChI is InChI=1S/C15H17N3O3/c1-10-8-17-13(11(2)15(10)18(19)20)9-21-14-6-4-3-5-12(14)7-16/h3-6,8H,7,9,16H2,1-2H3. The van der Waals surface area contributed by atoms with Crippen molar-refractivity contribution in [3.63, 3.8) is 0 Å². The number of nitrogens with two attached hydrogens (primary N) is 1. The van der Waals surface area contributed by atoms with Crippen molar-refractivity contribution in [3.8, 4) is 5.75 Å². The molecule has 0 bridgehead atoms. The number of hydrogen-bond donors (Lipinski definition) is 1. The van der Waals surface area contributed by atoms with Gasteiger partial charge in [0.1, 0.15) is 12.4 Å². The Labute approximate surface area is 122 Å². The molecule has 0 aliphatic heterocycles. The monoisotopic (exact) mass is 287 g/mol. The molecule has 2 N–H and O–H groups in total. The molecule has 0 radical (unpaired) electrons. The van der Waals surface area contributed by atoms with Crippen molar-refractivity contribution in [2.75, 3.05) is 0 Å². The fraction of sp³-hybridized carbons (Fsp3) is 0.267. The summed E-state index contributed by atoms with van der Waals surface area (Å²) in [5.74, 6) is 0.671. The zero-order valence-corrected chi connectivity index (χ0v) is 12.0. The van der Waals surface area contributed by atoms with Crippen LogP contribution < -0.4 is 10.5 Å². The lowest BCUT2D eigenvalue weighted by Gasteiger charge is -2.11. The van der Waals surface area contributed by atoms with Gasteiger partial charge < -0.3 is 10.5 Å². The SMILES string of the molecule is Cc1cnc(COc2ccccc2CN)c(C)c1[N+](=O)[O-]. The van der Waals surface area contributed by atoms with Gasteiger partial charge in [-0.25, -0.2) is 0 Å². The van der Waals surface area contributed by atoms with E-state index in [1.165, 1.54) is 6.20 Å². The minimum absolute atomic E-state index is 0.0933. The van der Waals surface area contributed by atoms with Gasteiger partial charge in [-0.15, -0.1) is 0 Å². The molecular weight excluding hydrogens is 270 g/mol. The highest BCUT2D eigenvalue weighted by atomic mass is 16.6. The van der Waals surface area contributed by atoms with Gasteiger partial charge in [0, 0.05) is 23.9 Å². The summed E-state index contributed by atoms with van der Waals surface area (Å²) in [4.78, 5) is 14.9. The normalized spacial score (nSPS) is 10.4. The van der Waals surface area contributed by atoms with Crippen LogP contribution in [0, 0.1) is 24.0 Å². The maximum atomic E-state index is 11.1. The summed E-state index contributed by atoms with van der Waals surface area (Å²) in [6.07, 6.45) is 1.50. The molecule has 21 heavy (non-hydrogen) atoms.